The van der Waals surface area contributed by atoms with Crippen molar-refractivity contribution in [1.29, 1.82) is 0 Å². The van der Waals surface area contributed by atoms with Crippen molar-refractivity contribution in [2.45, 2.75) is 26.2 Å². The smallest absolute Gasteiger partial charge is 0.224 e. The van der Waals surface area contributed by atoms with Crippen LogP contribution in [0, 0.1) is 11.7 Å². The molecule has 2 N–H and O–H groups in total. The minimum atomic E-state index is -0.531. The standard InChI is InChI=1S/C15H17FN2O2/c1-10(19)17-14-9-12(6-7-13(14)16)18-15(20)8-11-4-2-3-5-11/h2,4,6-7,9,11H,3,5,8H2,1H3,(H,17,19)(H,18,20)/t11-/m0/s1. The molecule has 1 aromatic carbocycles. The van der Waals surface area contributed by atoms with Crippen LogP contribution in [-0.4, -0.2) is 11.8 Å². The molecular weight excluding hydrogens is 259 g/mol. The number of carbonyl (C=O) groups excluding carboxylic acids is 2. The van der Waals surface area contributed by atoms with Gasteiger partial charge in [0, 0.05) is 19.0 Å². The van der Waals surface area contributed by atoms with Crippen LogP contribution in [0.3, 0.4) is 0 Å². The fourth-order valence-corrected chi connectivity index (χ4v) is 2.20. The van der Waals surface area contributed by atoms with Crippen LogP contribution in [0.25, 0.3) is 0 Å². The van der Waals surface area contributed by atoms with Crippen LogP contribution in [0.2, 0.25) is 0 Å². The van der Waals surface area contributed by atoms with E-state index in [2.05, 4.69) is 16.7 Å². The molecule has 0 bridgehead atoms. The molecule has 0 fully saturated rings. The molecule has 1 aliphatic rings. The number of hydrogen-bond donors (Lipinski definition) is 2. The molecule has 0 aliphatic heterocycles. The number of halogens is 1. The van der Waals surface area contributed by atoms with Crippen molar-refractivity contribution in [2.75, 3.05) is 10.6 Å². The first-order valence-electron chi connectivity index (χ1n) is 6.58. The molecule has 0 spiro atoms. The predicted molar refractivity (Wildman–Crippen MR) is 75.8 cm³/mol. The van der Waals surface area contributed by atoms with E-state index in [1.807, 2.05) is 6.08 Å². The summed E-state index contributed by atoms with van der Waals surface area (Å²) in [5.74, 6) is -0.715. The van der Waals surface area contributed by atoms with Gasteiger partial charge in [0.2, 0.25) is 11.8 Å². The maximum Gasteiger partial charge on any atom is 0.224 e. The van der Waals surface area contributed by atoms with Crippen LogP contribution in [0.15, 0.2) is 30.4 Å². The molecule has 0 saturated heterocycles. The van der Waals surface area contributed by atoms with Gasteiger partial charge in [0.15, 0.2) is 0 Å². The van der Waals surface area contributed by atoms with Crippen LogP contribution in [0.4, 0.5) is 15.8 Å². The van der Waals surface area contributed by atoms with Gasteiger partial charge in [0.25, 0.3) is 0 Å². The van der Waals surface area contributed by atoms with Gasteiger partial charge in [-0.2, -0.15) is 0 Å². The lowest BCUT2D eigenvalue weighted by Crippen LogP contribution is -2.15. The number of nitrogens with one attached hydrogen (secondary N) is 2. The van der Waals surface area contributed by atoms with E-state index < -0.39 is 5.82 Å². The third-order valence-corrected chi connectivity index (χ3v) is 3.12. The highest BCUT2D eigenvalue weighted by Crippen LogP contribution is 2.23. The summed E-state index contributed by atoms with van der Waals surface area (Å²) >= 11 is 0. The van der Waals surface area contributed by atoms with Crippen molar-refractivity contribution < 1.29 is 14.0 Å². The average Bonchev–Trinajstić information content (AvgIpc) is 2.85. The Bertz CT molecular complexity index is 555. The number of amides is 2. The summed E-state index contributed by atoms with van der Waals surface area (Å²) in [6.07, 6.45) is 6.55. The van der Waals surface area contributed by atoms with Crippen molar-refractivity contribution in [1.82, 2.24) is 0 Å². The SMILES string of the molecule is CC(=O)Nc1cc(NC(=O)C[C@H]2C=CCC2)ccc1F. The Labute approximate surface area is 117 Å². The van der Waals surface area contributed by atoms with E-state index >= 15 is 0 Å². The number of allylic oxidation sites excluding steroid dienone is 2. The third-order valence-electron chi connectivity index (χ3n) is 3.12. The number of carbonyl (C=O) groups is 2. The van der Waals surface area contributed by atoms with Gasteiger partial charge in [-0.1, -0.05) is 12.2 Å². The lowest BCUT2D eigenvalue weighted by atomic mass is 10.1. The molecule has 0 radical (unpaired) electrons. The minimum absolute atomic E-state index is 0.0658. The lowest BCUT2D eigenvalue weighted by Gasteiger charge is -2.10. The molecule has 106 valence electrons. The second-order valence-corrected chi connectivity index (χ2v) is 4.89. The van der Waals surface area contributed by atoms with Crippen molar-refractivity contribution >= 4 is 23.2 Å². The van der Waals surface area contributed by atoms with Crippen LogP contribution in [-0.2, 0) is 9.59 Å². The molecule has 0 unspecified atom stereocenters. The molecule has 2 amide bonds. The second-order valence-electron chi connectivity index (χ2n) is 4.89. The lowest BCUT2D eigenvalue weighted by molar-refractivity contribution is -0.117. The maximum atomic E-state index is 13.5. The van der Waals surface area contributed by atoms with Crippen molar-refractivity contribution in [3.63, 3.8) is 0 Å². The molecule has 0 aromatic heterocycles. The Hall–Kier alpha value is -2.17. The van der Waals surface area contributed by atoms with Gasteiger partial charge in [-0.25, -0.2) is 4.39 Å². The summed E-state index contributed by atoms with van der Waals surface area (Å²) in [6, 6.07) is 4.11. The number of benzene rings is 1. The Morgan fingerprint density at radius 3 is 2.80 bits per heavy atom. The molecule has 4 nitrogen and oxygen atoms in total. The first kappa shape index (κ1) is 14.2. The normalized spacial score (nSPS) is 17.0. The largest absolute Gasteiger partial charge is 0.326 e. The van der Waals surface area contributed by atoms with E-state index in [-0.39, 0.29) is 23.4 Å². The first-order valence-corrected chi connectivity index (χ1v) is 6.58. The summed E-state index contributed by atoms with van der Waals surface area (Å²) in [4.78, 5) is 22.8. The fourth-order valence-electron chi connectivity index (χ4n) is 2.20. The van der Waals surface area contributed by atoms with E-state index in [0.717, 1.165) is 12.8 Å². The van der Waals surface area contributed by atoms with Gasteiger partial charge in [-0.3, -0.25) is 9.59 Å². The summed E-state index contributed by atoms with van der Waals surface area (Å²) in [5, 5.41) is 5.10. The molecule has 1 atom stereocenters. The van der Waals surface area contributed by atoms with Gasteiger partial charge < -0.3 is 10.6 Å². The third kappa shape index (κ3) is 3.91. The fraction of sp³-hybridized carbons (Fsp3) is 0.333. The monoisotopic (exact) mass is 276 g/mol. The summed E-state index contributed by atoms with van der Waals surface area (Å²) in [7, 11) is 0. The van der Waals surface area contributed by atoms with Crippen molar-refractivity contribution in [3.05, 3.63) is 36.2 Å². The number of hydrogen-bond acceptors (Lipinski definition) is 2. The number of rotatable bonds is 4. The second kappa shape index (κ2) is 6.32. The van der Waals surface area contributed by atoms with Gasteiger partial charge >= 0.3 is 0 Å². The zero-order valence-corrected chi connectivity index (χ0v) is 11.3. The van der Waals surface area contributed by atoms with Crippen molar-refractivity contribution in [3.8, 4) is 0 Å². The Morgan fingerprint density at radius 2 is 2.15 bits per heavy atom. The molecular formula is C15H17FN2O2. The Morgan fingerprint density at radius 1 is 1.35 bits per heavy atom. The molecule has 2 rings (SSSR count). The summed E-state index contributed by atoms with van der Waals surface area (Å²) in [5.41, 5.74) is 0.540. The van der Waals surface area contributed by atoms with Crippen LogP contribution in [0.1, 0.15) is 26.2 Å². The van der Waals surface area contributed by atoms with Gasteiger partial charge in [-0.05, 0) is 37.0 Å². The van der Waals surface area contributed by atoms with E-state index in [1.54, 1.807) is 0 Å². The highest BCUT2D eigenvalue weighted by atomic mass is 19.1. The average molecular weight is 276 g/mol. The van der Waals surface area contributed by atoms with Crippen LogP contribution >= 0.6 is 0 Å². The van der Waals surface area contributed by atoms with Gasteiger partial charge in [-0.15, -0.1) is 0 Å². The highest BCUT2D eigenvalue weighted by molar-refractivity contribution is 5.93. The topological polar surface area (TPSA) is 58.2 Å². The minimum Gasteiger partial charge on any atom is -0.326 e. The summed E-state index contributed by atoms with van der Waals surface area (Å²) < 4.78 is 13.5. The van der Waals surface area contributed by atoms with Crippen LogP contribution < -0.4 is 10.6 Å². The van der Waals surface area contributed by atoms with E-state index in [1.165, 1.54) is 25.1 Å². The predicted octanol–water partition coefficient (Wildman–Crippen LogP) is 3.08. The Balaban J connectivity index is 1.99. The van der Waals surface area contributed by atoms with Gasteiger partial charge in [0.05, 0.1) is 5.69 Å². The molecule has 0 saturated carbocycles. The van der Waals surface area contributed by atoms with Gasteiger partial charge in [0.1, 0.15) is 5.82 Å². The molecule has 20 heavy (non-hydrogen) atoms. The van der Waals surface area contributed by atoms with E-state index in [4.69, 9.17) is 0 Å². The molecule has 1 aliphatic carbocycles. The van der Waals surface area contributed by atoms with E-state index in [9.17, 15) is 14.0 Å². The maximum absolute atomic E-state index is 13.5. The Kier molecular flexibility index (Phi) is 4.50. The zero-order chi connectivity index (χ0) is 14.5. The quantitative estimate of drug-likeness (QED) is 0.830. The summed E-state index contributed by atoms with van der Waals surface area (Å²) in [6.45, 7) is 1.30. The zero-order valence-electron chi connectivity index (χ0n) is 11.3. The number of anilines is 2. The molecule has 1 aromatic rings. The highest BCUT2D eigenvalue weighted by Gasteiger charge is 2.14. The molecule has 5 heteroatoms. The molecule has 0 heterocycles. The van der Waals surface area contributed by atoms with Crippen LogP contribution in [0.5, 0.6) is 0 Å². The van der Waals surface area contributed by atoms with Crippen molar-refractivity contribution in [2.24, 2.45) is 5.92 Å². The van der Waals surface area contributed by atoms with E-state index in [0.29, 0.717) is 12.1 Å². The first-order chi connectivity index (χ1) is 9.54.